The molecular weight excluding hydrogens is 308 g/mol. The number of hydrogen-bond donors (Lipinski definition) is 1. The number of nitrogens with zero attached hydrogens (tertiary/aromatic N) is 2. The number of amides is 3. The Morgan fingerprint density at radius 2 is 2.17 bits per heavy atom. The molecular formula is C18H22N2O4. The average molecular weight is 330 g/mol. The number of urea groups is 1. The first-order chi connectivity index (χ1) is 11.6. The van der Waals surface area contributed by atoms with E-state index in [1.165, 1.54) is 0 Å². The molecule has 0 radical (unpaired) electrons. The van der Waals surface area contributed by atoms with Gasteiger partial charge in [0.15, 0.2) is 0 Å². The number of hydrogen-bond acceptors (Lipinski definition) is 4. The number of allylic oxidation sites excluding steroid dienone is 1. The van der Waals surface area contributed by atoms with E-state index in [1.54, 1.807) is 11.0 Å². The third-order valence-electron chi connectivity index (χ3n) is 4.44. The summed E-state index contributed by atoms with van der Waals surface area (Å²) in [4.78, 5) is 27.2. The number of rotatable bonds is 7. The highest BCUT2D eigenvalue weighted by molar-refractivity contribution is 6.04. The van der Waals surface area contributed by atoms with Crippen LogP contribution in [0.1, 0.15) is 18.4 Å². The molecule has 2 aliphatic heterocycles. The number of aliphatic hydroxyl groups excluding tert-OH is 1. The zero-order valence-corrected chi connectivity index (χ0v) is 13.6. The molecule has 1 N–H and O–H groups in total. The van der Waals surface area contributed by atoms with E-state index in [-0.39, 0.29) is 31.1 Å². The van der Waals surface area contributed by atoms with Crippen molar-refractivity contribution in [2.24, 2.45) is 0 Å². The van der Waals surface area contributed by atoms with Crippen molar-refractivity contribution in [1.82, 2.24) is 9.80 Å². The van der Waals surface area contributed by atoms with Crippen LogP contribution in [-0.4, -0.2) is 58.7 Å². The highest BCUT2D eigenvalue weighted by atomic mass is 16.5. The summed E-state index contributed by atoms with van der Waals surface area (Å²) in [6.07, 6.45) is 3.11. The van der Waals surface area contributed by atoms with Gasteiger partial charge >= 0.3 is 6.03 Å². The lowest BCUT2D eigenvalue weighted by Gasteiger charge is -2.20. The van der Waals surface area contributed by atoms with Crippen LogP contribution in [0.3, 0.4) is 0 Å². The third kappa shape index (κ3) is 3.14. The lowest BCUT2D eigenvalue weighted by atomic mass is 10.1. The van der Waals surface area contributed by atoms with Gasteiger partial charge in [0.2, 0.25) is 0 Å². The molecule has 6 heteroatoms. The van der Waals surface area contributed by atoms with Crippen LogP contribution in [0.2, 0.25) is 0 Å². The molecule has 128 valence electrons. The Hall–Kier alpha value is -2.34. The van der Waals surface area contributed by atoms with Gasteiger partial charge < -0.3 is 14.7 Å². The van der Waals surface area contributed by atoms with Crippen molar-refractivity contribution in [1.29, 1.82) is 0 Å². The molecule has 2 aliphatic rings. The van der Waals surface area contributed by atoms with Gasteiger partial charge in [-0.1, -0.05) is 24.3 Å². The monoisotopic (exact) mass is 330 g/mol. The molecule has 2 heterocycles. The molecule has 2 atom stereocenters. The summed E-state index contributed by atoms with van der Waals surface area (Å²) in [6.45, 7) is 4.32. The van der Waals surface area contributed by atoms with E-state index in [4.69, 9.17) is 4.74 Å². The summed E-state index contributed by atoms with van der Waals surface area (Å²) < 4.78 is 5.67. The first kappa shape index (κ1) is 16.5. The number of β-amino-alcohol motifs (C(OH)–C–C–N with tert-alkyl or cyclic N) is 1. The highest BCUT2D eigenvalue weighted by Crippen LogP contribution is 2.27. The fourth-order valence-electron chi connectivity index (χ4n) is 3.27. The summed E-state index contributed by atoms with van der Waals surface area (Å²) in [5, 5.41) is 10.2. The Morgan fingerprint density at radius 3 is 2.92 bits per heavy atom. The lowest BCUT2D eigenvalue weighted by Crippen LogP contribution is -2.41. The van der Waals surface area contributed by atoms with Gasteiger partial charge in [-0.25, -0.2) is 4.79 Å². The Bertz CT molecular complexity index is 624. The van der Waals surface area contributed by atoms with Crippen molar-refractivity contribution in [3.63, 3.8) is 0 Å². The minimum atomic E-state index is -0.922. The number of benzene rings is 1. The zero-order valence-electron chi connectivity index (χ0n) is 13.6. The number of aliphatic hydroxyl groups is 1. The predicted molar refractivity (Wildman–Crippen MR) is 88.7 cm³/mol. The van der Waals surface area contributed by atoms with Gasteiger partial charge in [0, 0.05) is 6.54 Å². The van der Waals surface area contributed by atoms with Crippen LogP contribution in [0.5, 0.6) is 5.75 Å². The largest absolute Gasteiger partial charge is 0.491 e. The summed E-state index contributed by atoms with van der Waals surface area (Å²) >= 11 is 0. The van der Waals surface area contributed by atoms with Crippen molar-refractivity contribution in [2.45, 2.75) is 31.4 Å². The van der Waals surface area contributed by atoms with E-state index in [0.717, 1.165) is 16.9 Å². The number of imide groups is 1. The Labute approximate surface area is 141 Å². The van der Waals surface area contributed by atoms with Crippen LogP contribution in [-0.2, 0) is 11.2 Å². The topological polar surface area (TPSA) is 70.1 Å². The summed E-state index contributed by atoms with van der Waals surface area (Å²) in [5.41, 5.74) is 0.980. The SMILES string of the molecule is C=CCc1ccccc1OC[C@@H](O)CN1C(=O)[C@@H]2CCCN2C1=O. The Morgan fingerprint density at radius 1 is 1.38 bits per heavy atom. The minimum Gasteiger partial charge on any atom is -0.491 e. The molecule has 2 saturated heterocycles. The molecule has 24 heavy (non-hydrogen) atoms. The van der Waals surface area contributed by atoms with E-state index in [2.05, 4.69) is 6.58 Å². The molecule has 1 aromatic rings. The van der Waals surface area contributed by atoms with Crippen LogP contribution in [0.15, 0.2) is 36.9 Å². The molecule has 3 amide bonds. The Balaban J connectivity index is 1.57. The van der Waals surface area contributed by atoms with Crippen molar-refractivity contribution >= 4 is 11.9 Å². The third-order valence-corrected chi connectivity index (χ3v) is 4.44. The van der Waals surface area contributed by atoms with Gasteiger partial charge in [0.25, 0.3) is 5.91 Å². The molecule has 1 aromatic carbocycles. The maximum absolute atomic E-state index is 12.2. The number of para-hydroxylation sites is 1. The van der Waals surface area contributed by atoms with Crippen molar-refractivity contribution in [2.75, 3.05) is 19.7 Å². The number of ether oxygens (including phenoxy) is 1. The van der Waals surface area contributed by atoms with E-state index >= 15 is 0 Å². The van der Waals surface area contributed by atoms with Crippen LogP contribution in [0, 0.1) is 0 Å². The van der Waals surface area contributed by atoms with Crippen LogP contribution in [0.4, 0.5) is 4.79 Å². The molecule has 0 unspecified atom stereocenters. The fourth-order valence-corrected chi connectivity index (χ4v) is 3.27. The maximum atomic E-state index is 12.2. The molecule has 0 saturated carbocycles. The minimum absolute atomic E-state index is 0.0237. The quantitative estimate of drug-likeness (QED) is 0.609. The first-order valence-corrected chi connectivity index (χ1v) is 8.23. The zero-order chi connectivity index (χ0) is 17.1. The van der Waals surface area contributed by atoms with E-state index in [0.29, 0.717) is 25.1 Å². The number of carbonyl (C=O) groups is 2. The molecule has 0 aromatic heterocycles. The lowest BCUT2D eigenvalue weighted by molar-refractivity contribution is -0.129. The van der Waals surface area contributed by atoms with Crippen molar-refractivity contribution < 1.29 is 19.4 Å². The van der Waals surface area contributed by atoms with Crippen LogP contribution in [0.25, 0.3) is 0 Å². The smallest absolute Gasteiger partial charge is 0.327 e. The van der Waals surface area contributed by atoms with Gasteiger partial charge in [-0.2, -0.15) is 0 Å². The second-order valence-electron chi connectivity index (χ2n) is 6.15. The first-order valence-electron chi connectivity index (χ1n) is 8.23. The highest BCUT2D eigenvalue weighted by Gasteiger charge is 2.47. The van der Waals surface area contributed by atoms with Gasteiger partial charge in [0.05, 0.1) is 6.54 Å². The summed E-state index contributed by atoms with van der Waals surface area (Å²) in [5.74, 6) is 0.472. The standard InChI is InChI=1S/C18H22N2O4/c1-2-6-13-7-3-4-9-16(13)24-12-14(21)11-20-17(22)15-8-5-10-19(15)18(20)23/h2-4,7,9,14-15,21H,1,5-6,8,10-12H2/t14-,15-/m0/s1. The number of fused-ring (bicyclic) bond motifs is 1. The van der Waals surface area contributed by atoms with Gasteiger partial charge in [0.1, 0.15) is 24.5 Å². The van der Waals surface area contributed by atoms with E-state index < -0.39 is 6.10 Å². The predicted octanol–water partition coefficient (Wildman–Crippen LogP) is 1.58. The van der Waals surface area contributed by atoms with Crippen LogP contribution >= 0.6 is 0 Å². The van der Waals surface area contributed by atoms with E-state index in [1.807, 2.05) is 24.3 Å². The average Bonchev–Trinajstić information content (AvgIpc) is 3.14. The molecule has 2 fully saturated rings. The number of carbonyl (C=O) groups excluding carboxylic acids is 2. The molecule has 6 nitrogen and oxygen atoms in total. The molecule has 0 spiro atoms. The van der Waals surface area contributed by atoms with Crippen molar-refractivity contribution in [3.05, 3.63) is 42.5 Å². The Kier molecular flexibility index (Phi) is 4.85. The fraction of sp³-hybridized carbons (Fsp3) is 0.444. The van der Waals surface area contributed by atoms with Crippen LogP contribution < -0.4 is 4.74 Å². The summed E-state index contributed by atoms with van der Waals surface area (Å²) in [7, 11) is 0. The van der Waals surface area contributed by atoms with Crippen molar-refractivity contribution in [3.8, 4) is 5.75 Å². The normalized spacial score (nSPS) is 21.1. The second kappa shape index (κ2) is 7.05. The molecule has 0 aliphatic carbocycles. The molecule has 0 bridgehead atoms. The van der Waals surface area contributed by atoms with Gasteiger partial charge in [-0.15, -0.1) is 6.58 Å². The van der Waals surface area contributed by atoms with E-state index in [9.17, 15) is 14.7 Å². The second-order valence-corrected chi connectivity index (χ2v) is 6.15. The van der Waals surface area contributed by atoms with Gasteiger partial charge in [-0.3, -0.25) is 9.69 Å². The van der Waals surface area contributed by atoms with Gasteiger partial charge in [-0.05, 0) is 30.9 Å². The molecule has 3 rings (SSSR count). The summed E-state index contributed by atoms with van der Waals surface area (Å²) in [6, 6.07) is 6.90. The maximum Gasteiger partial charge on any atom is 0.327 e.